The van der Waals surface area contributed by atoms with Crippen LogP contribution in [0, 0.1) is 5.92 Å². The van der Waals surface area contributed by atoms with Gasteiger partial charge in [0.15, 0.2) is 5.65 Å². The van der Waals surface area contributed by atoms with Gasteiger partial charge in [-0.1, -0.05) is 74.5 Å². The molecule has 2 aromatic heterocycles. The van der Waals surface area contributed by atoms with Crippen LogP contribution in [0.4, 0.5) is 5.69 Å². The standard InChI is InChI=1S/C28H33N5O/c1-5-33-27-24(18-31-33)26(32-20(4)19(2)3)25(17-29-27)28(34)30-16-23(21-12-8-6-9-13-21)22-14-10-7-11-15-22/h6-15,17-20,23H,5,16H2,1-4H3,(H,29,32)(H,30,34)/t20-/m0/s1. The molecular weight excluding hydrogens is 422 g/mol. The Morgan fingerprint density at radius 3 is 2.12 bits per heavy atom. The number of carbonyl (C=O) groups is 1. The fourth-order valence-electron chi connectivity index (χ4n) is 4.07. The van der Waals surface area contributed by atoms with Crippen LogP contribution in [0.1, 0.15) is 55.1 Å². The van der Waals surface area contributed by atoms with Crippen LogP contribution in [0.3, 0.4) is 0 Å². The van der Waals surface area contributed by atoms with Crippen LogP contribution >= 0.6 is 0 Å². The smallest absolute Gasteiger partial charge is 0.255 e. The molecule has 4 aromatic rings. The molecule has 0 bridgehead atoms. The largest absolute Gasteiger partial charge is 0.381 e. The first-order chi connectivity index (χ1) is 16.5. The summed E-state index contributed by atoms with van der Waals surface area (Å²) in [5.74, 6) is 0.312. The maximum Gasteiger partial charge on any atom is 0.255 e. The van der Waals surface area contributed by atoms with Crippen molar-refractivity contribution < 1.29 is 4.79 Å². The summed E-state index contributed by atoms with van der Waals surface area (Å²) < 4.78 is 1.85. The number of anilines is 1. The predicted molar refractivity (Wildman–Crippen MR) is 138 cm³/mol. The molecule has 2 aromatic carbocycles. The highest BCUT2D eigenvalue weighted by Gasteiger charge is 2.22. The quantitative estimate of drug-likeness (QED) is 0.351. The number of hydrogen-bond acceptors (Lipinski definition) is 4. The van der Waals surface area contributed by atoms with Gasteiger partial charge in [0.05, 0.1) is 22.8 Å². The number of nitrogens with zero attached hydrogens (tertiary/aromatic N) is 3. The van der Waals surface area contributed by atoms with Gasteiger partial charge in [0.25, 0.3) is 5.91 Å². The van der Waals surface area contributed by atoms with Crippen molar-refractivity contribution >= 4 is 22.6 Å². The Kier molecular flexibility index (Phi) is 7.26. The van der Waals surface area contributed by atoms with Gasteiger partial charge in [-0.25, -0.2) is 9.67 Å². The highest BCUT2D eigenvalue weighted by atomic mass is 16.1. The fourth-order valence-corrected chi connectivity index (χ4v) is 4.07. The van der Waals surface area contributed by atoms with Crippen molar-refractivity contribution in [3.63, 3.8) is 0 Å². The average molecular weight is 456 g/mol. The molecule has 4 rings (SSSR count). The number of aromatic nitrogens is 3. The zero-order chi connectivity index (χ0) is 24.1. The molecule has 1 amide bonds. The van der Waals surface area contributed by atoms with E-state index in [1.165, 1.54) is 11.1 Å². The van der Waals surface area contributed by atoms with Gasteiger partial charge in [-0.2, -0.15) is 5.10 Å². The van der Waals surface area contributed by atoms with Gasteiger partial charge < -0.3 is 10.6 Å². The van der Waals surface area contributed by atoms with Crippen molar-refractivity contribution in [3.05, 3.63) is 89.7 Å². The molecule has 0 aliphatic carbocycles. The average Bonchev–Trinajstić information content (AvgIpc) is 3.29. The second kappa shape index (κ2) is 10.5. The number of aryl methyl sites for hydroxylation is 1. The topological polar surface area (TPSA) is 71.8 Å². The van der Waals surface area contributed by atoms with Gasteiger partial charge >= 0.3 is 0 Å². The van der Waals surface area contributed by atoms with E-state index in [0.717, 1.165) is 23.3 Å². The van der Waals surface area contributed by atoms with Crippen molar-refractivity contribution in [1.82, 2.24) is 20.1 Å². The second-order valence-corrected chi connectivity index (χ2v) is 9.01. The highest BCUT2D eigenvalue weighted by Crippen LogP contribution is 2.29. The van der Waals surface area contributed by atoms with E-state index in [4.69, 9.17) is 0 Å². The summed E-state index contributed by atoms with van der Waals surface area (Å²) in [6.07, 6.45) is 3.47. The summed E-state index contributed by atoms with van der Waals surface area (Å²) in [7, 11) is 0. The first-order valence-corrected chi connectivity index (χ1v) is 12.0. The summed E-state index contributed by atoms with van der Waals surface area (Å²) >= 11 is 0. The number of hydrogen-bond donors (Lipinski definition) is 2. The molecule has 0 aliphatic heterocycles. The minimum atomic E-state index is -0.144. The normalized spacial score (nSPS) is 12.3. The Hall–Kier alpha value is -3.67. The van der Waals surface area contributed by atoms with Gasteiger partial charge in [-0.3, -0.25) is 4.79 Å². The number of rotatable bonds is 9. The Bertz CT molecular complexity index is 1190. The van der Waals surface area contributed by atoms with Crippen LogP contribution in [0.25, 0.3) is 11.0 Å². The zero-order valence-electron chi connectivity index (χ0n) is 20.3. The van der Waals surface area contributed by atoms with E-state index in [2.05, 4.69) is 65.8 Å². The van der Waals surface area contributed by atoms with Crippen LogP contribution in [-0.4, -0.2) is 33.3 Å². The van der Waals surface area contributed by atoms with Crippen molar-refractivity contribution in [2.75, 3.05) is 11.9 Å². The van der Waals surface area contributed by atoms with Gasteiger partial charge in [0, 0.05) is 31.2 Å². The van der Waals surface area contributed by atoms with E-state index >= 15 is 0 Å². The molecule has 0 aliphatic rings. The van der Waals surface area contributed by atoms with Gasteiger partial charge in [0.2, 0.25) is 0 Å². The SMILES string of the molecule is CCn1ncc2c(N[C@@H](C)C(C)C)c(C(=O)NCC(c3ccccc3)c3ccccc3)cnc21. The molecule has 0 unspecified atom stereocenters. The molecule has 2 N–H and O–H groups in total. The molecule has 0 radical (unpaired) electrons. The van der Waals surface area contributed by atoms with Crippen LogP contribution in [0.5, 0.6) is 0 Å². The lowest BCUT2D eigenvalue weighted by atomic mass is 9.91. The van der Waals surface area contributed by atoms with Crippen molar-refractivity contribution in [2.24, 2.45) is 5.92 Å². The lowest BCUT2D eigenvalue weighted by molar-refractivity contribution is 0.0953. The molecule has 0 saturated carbocycles. The number of pyridine rings is 1. The second-order valence-electron chi connectivity index (χ2n) is 9.01. The summed E-state index contributed by atoms with van der Waals surface area (Å²) in [5.41, 5.74) is 4.44. The third-order valence-corrected chi connectivity index (χ3v) is 6.45. The molecule has 0 spiro atoms. The number of amides is 1. The Morgan fingerprint density at radius 1 is 0.941 bits per heavy atom. The molecule has 1 atom stereocenters. The molecule has 2 heterocycles. The molecule has 0 saturated heterocycles. The Morgan fingerprint density at radius 2 is 1.56 bits per heavy atom. The third-order valence-electron chi connectivity index (χ3n) is 6.45. The molecule has 34 heavy (non-hydrogen) atoms. The number of fused-ring (bicyclic) bond motifs is 1. The maximum absolute atomic E-state index is 13.5. The van der Waals surface area contributed by atoms with E-state index in [9.17, 15) is 4.79 Å². The first kappa shape index (κ1) is 23.5. The van der Waals surface area contributed by atoms with Crippen LogP contribution in [0.15, 0.2) is 73.1 Å². The summed E-state index contributed by atoms with van der Waals surface area (Å²) in [4.78, 5) is 18.1. The summed E-state index contributed by atoms with van der Waals surface area (Å²) in [5, 5.41) is 12.1. The maximum atomic E-state index is 13.5. The molecule has 176 valence electrons. The van der Waals surface area contributed by atoms with E-state index in [1.807, 2.05) is 48.0 Å². The lowest BCUT2D eigenvalue weighted by Crippen LogP contribution is -2.31. The number of carbonyl (C=O) groups excluding carboxylic acids is 1. The third kappa shape index (κ3) is 4.96. The fraction of sp³-hybridized carbons (Fsp3) is 0.321. The zero-order valence-corrected chi connectivity index (χ0v) is 20.3. The summed E-state index contributed by atoms with van der Waals surface area (Å²) in [6, 6.07) is 20.8. The monoisotopic (exact) mass is 455 g/mol. The van der Waals surface area contributed by atoms with Crippen molar-refractivity contribution in [3.8, 4) is 0 Å². The molecular formula is C28H33N5O. The Labute approximate surface area is 201 Å². The summed E-state index contributed by atoms with van der Waals surface area (Å²) in [6.45, 7) is 9.69. The highest BCUT2D eigenvalue weighted by molar-refractivity contribution is 6.06. The van der Waals surface area contributed by atoms with Crippen molar-refractivity contribution in [2.45, 2.75) is 46.2 Å². The van der Waals surface area contributed by atoms with Gasteiger partial charge in [-0.05, 0) is 30.9 Å². The minimum Gasteiger partial charge on any atom is -0.381 e. The molecule has 0 fully saturated rings. The van der Waals surface area contributed by atoms with E-state index in [1.54, 1.807) is 12.4 Å². The Balaban J connectivity index is 1.65. The molecule has 6 nitrogen and oxygen atoms in total. The number of benzene rings is 2. The first-order valence-electron chi connectivity index (χ1n) is 12.0. The van der Waals surface area contributed by atoms with Crippen LogP contribution in [0.2, 0.25) is 0 Å². The van der Waals surface area contributed by atoms with E-state index in [0.29, 0.717) is 18.0 Å². The van der Waals surface area contributed by atoms with Crippen molar-refractivity contribution in [1.29, 1.82) is 0 Å². The van der Waals surface area contributed by atoms with E-state index < -0.39 is 0 Å². The van der Waals surface area contributed by atoms with Crippen LogP contribution in [-0.2, 0) is 6.54 Å². The predicted octanol–water partition coefficient (Wildman–Crippen LogP) is 5.47. The van der Waals surface area contributed by atoms with Gasteiger partial charge in [-0.15, -0.1) is 0 Å². The van der Waals surface area contributed by atoms with Gasteiger partial charge in [0.1, 0.15) is 0 Å². The minimum absolute atomic E-state index is 0.0527. The van der Waals surface area contributed by atoms with E-state index in [-0.39, 0.29) is 17.9 Å². The lowest BCUT2D eigenvalue weighted by Gasteiger charge is -2.22. The van der Waals surface area contributed by atoms with Crippen LogP contribution < -0.4 is 10.6 Å². The number of nitrogens with one attached hydrogen (secondary N) is 2. The molecule has 6 heteroatoms.